The van der Waals surface area contributed by atoms with Gasteiger partial charge in [0.05, 0.1) is 13.0 Å². The van der Waals surface area contributed by atoms with Gasteiger partial charge in [0.2, 0.25) is 0 Å². The maximum absolute atomic E-state index is 11.0. The Kier molecular flexibility index (Phi) is 3.51. The van der Waals surface area contributed by atoms with Gasteiger partial charge in [0.1, 0.15) is 0 Å². The van der Waals surface area contributed by atoms with Gasteiger partial charge in [0.25, 0.3) is 0 Å². The van der Waals surface area contributed by atoms with Crippen molar-refractivity contribution in [3.05, 3.63) is 0 Å². The van der Waals surface area contributed by atoms with Crippen LogP contribution in [-0.4, -0.2) is 19.2 Å². The summed E-state index contributed by atoms with van der Waals surface area (Å²) >= 11 is 0. The van der Waals surface area contributed by atoms with Crippen LogP contribution in [-0.2, 0) is 14.4 Å². The van der Waals surface area contributed by atoms with Gasteiger partial charge in [-0.1, -0.05) is 12.0 Å². The molecule has 1 fully saturated rings. The molecule has 74 valence electrons. The van der Waals surface area contributed by atoms with Crippen molar-refractivity contribution in [2.24, 2.45) is 5.92 Å². The second-order valence-electron chi connectivity index (χ2n) is 2.77. The smallest absolute Gasteiger partial charge is 0.423 e. The molecule has 0 saturated heterocycles. The number of carbonyl (C=O) groups is 2. The fourth-order valence-corrected chi connectivity index (χ4v) is 0.896. The van der Waals surface area contributed by atoms with Crippen molar-refractivity contribution in [2.75, 3.05) is 7.11 Å². The molecule has 1 aliphatic carbocycles. The van der Waals surface area contributed by atoms with E-state index in [0.717, 1.165) is 19.3 Å². The monoisotopic (exact) mass is 188 g/mol. The number of hydrazine groups is 1. The fraction of sp³-hybridized carbons (Fsp3) is 0.714. The second kappa shape index (κ2) is 4.66. The Morgan fingerprint density at radius 1 is 1.38 bits per heavy atom. The van der Waals surface area contributed by atoms with Gasteiger partial charge in [-0.3, -0.25) is 0 Å². The van der Waals surface area contributed by atoms with Crippen molar-refractivity contribution in [3.63, 3.8) is 0 Å². The van der Waals surface area contributed by atoms with Crippen molar-refractivity contribution in [1.82, 2.24) is 11.0 Å². The molecule has 0 spiro atoms. The highest BCUT2D eigenvalue weighted by atomic mass is 16.7. The number of nitrogens with one attached hydrogen (secondary N) is 2. The molecule has 0 unspecified atom stereocenters. The van der Waals surface area contributed by atoms with Crippen molar-refractivity contribution in [3.8, 4) is 0 Å². The Hall–Kier alpha value is -1.30. The fourth-order valence-electron chi connectivity index (χ4n) is 0.896. The molecule has 0 aromatic heterocycles. The molecule has 2 N–H and O–H groups in total. The normalized spacial score (nSPS) is 15.8. The minimum absolute atomic E-state index is 0.0213. The minimum Gasteiger partial charge on any atom is -0.452 e. The number of hydrogen-bond donors (Lipinski definition) is 2. The first-order valence-electron chi connectivity index (χ1n) is 4.03. The molecule has 0 aliphatic heterocycles. The highest BCUT2D eigenvalue weighted by molar-refractivity contribution is 5.73. The summed E-state index contributed by atoms with van der Waals surface area (Å²) in [7, 11) is 1.21. The van der Waals surface area contributed by atoms with E-state index < -0.39 is 6.09 Å². The van der Waals surface area contributed by atoms with Gasteiger partial charge < -0.3 is 9.57 Å². The maximum Gasteiger partial charge on any atom is 0.423 e. The number of hydrogen-bond acceptors (Lipinski definition) is 5. The highest BCUT2D eigenvalue weighted by Gasteiger charge is 2.26. The first-order valence-corrected chi connectivity index (χ1v) is 4.03. The summed E-state index contributed by atoms with van der Waals surface area (Å²) in [6, 6.07) is 0. The van der Waals surface area contributed by atoms with Gasteiger partial charge in [0, 0.05) is 0 Å². The molecule has 1 rings (SSSR count). The van der Waals surface area contributed by atoms with E-state index >= 15 is 0 Å². The number of ether oxygens (including phenoxy) is 1. The molecule has 0 heterocycles. The number of rotatable bonds is 3. The molecule has 6 heteroatoms. The summed E-state index contributed by atoms with van der Waals surface area (Å²) in [6.45, 7) is 0. The molecule has 6 nitrogen and oxygen atoms in total. The average Bonchev–Trinajstić information content (AvgIpc) is 2.01. The van der Waals surface area contributed by atoms with E-state index in [1.54, 1.807) is 0 Å². The minimum atomic E-state index is -0.707. The van der Waals surface area contributed by atoms with E-state index in [2.05, 4.69) is 9.57 Å². The number of carbonyl (C=O) groups excluding carboxylic acids is 2. The first-order chi connectivity index (χ1) is 6.24. The molecule has 0 atom stereocenters. The molecule has 13 heavy (non-hydrogen) atoms. The molecular weight excluding hydrogens is 176 g/mol. The van der Waals surface area contributed by atoms with Crippen molar-refractivity contribution in [1.29, 1.82) is 0 Å². The summed E-state index contributed by atoms with van der Waals surface area (Å²) in [5.41, 5.74) is 4.02. The van der Waals surface area contributed by atoms with Crippen LogP contribution in [0.2, 0.25) is 0 Å². The maximum atomic E-state index is 11.0. The topological polar surface area (TPSA) is 76.7 Å². The van der Waals surface area contributed by atoms with Gasteiger partial charge in [-0.2, -0.15) is 0 Å². The SMILES string of the molecule is COC(=O)NNOC(=O)C1CCC1. The van der Waals surface area contributed by atoms with Crippen LogP contribution < -0.4 is 11.0 Å². The van der Waals surface area contributed by atoms with E-state index in [9.17, 15) is 9.59 Å². The van der Waals surface area contributed by atoms with Crippen LogP contribution in [0.5, 0.6) is 0 Å². The van der Waals surface area contributed by atoms with Crippen LogP contribution in [0.25, 0.3) is 0 Å². The summed E-state index contributed by atoms with van der Waals surface area (Å²) < 4.78 is 4.23. The zero-order valence-corrected chi connectivity index (χ0v) is 7.33. The summed E-state index contributed by atoms with van der Waals surface area (Å²) in [5, 5.41) is 0. The number of amides is 1. The van der Waals surface area contributed by atoms with Gasteiger partial charge >= 0.3 is 12.1 Å². The standard InChI is InChI=1S/C7H12N2O4/c1-12-7(11)8-9-13-6(10)5-3-2-4-5/h5,9H,2-4H2,1H3,(H,8,11). The zero-order valence-electron chi connectivity index (χ0n) is 7.33. The molecular formula is C7H12N2O4. The Morgan fingerprint density at radius 3 is 2.54 bits per heavy atom. The first kappa shape index (κ1) is 9.79. The molecule has 1 saturated carbocycles. The molecule has 1 amide bonds. The van der Waals surface area contributed by atoms with E-state index in [0.29, 0.717) is 0 Å². The van der Waals surface area contributed by atoms with Crippen LogP contribution in [0, 0.1) is 5.92 Å². The van der Waals surface area contributed by atoms with Crippen LogP contribution in [0.3, 0.4) is 0 Å². The zero-order chi connectivity index (χ0) is 9.68. The summed E-state index contributed by atoms with van der Waals surface area (Å²) in [4.78, 5) is 26.0. The van der Waals surface area contributed by atoms with Crippen molar-refractivity contribution in [2.45, 2.75) is 19.3 Å². The predicted molar refractivity (Wildman–Crippen MR) is 42.1 cm³/mol. The average molecular weight is 188 g/mol. The predicted octanol–water partition coefficient (Wildman–Crippen LogP) is 0.105. The molecule has 0 aromatic rings. The van der Waals surface area contributed by atoms with Crippen LogP contribution in [0.1, 0.15) is 19.3 Å². The van der Waals surface area contributed by atoms with E-state index in [1.807, 2.05) is 11.0 Å². The van der Waals surface area contributed by atoms with Crippen LogP contribution in [0.4, 0.5) is 4.79 Å². The molecule has 1 aliphatic rings. The van der Waals surface area contributed by atoms with E-state index in [1.165, 1.54) is 7.11 Å². The Balaban J connectivity index is 2.04. The van der Waals surface area contributed by atoms with Crippen LogP contribution in [0.15, 0.2) is 0 Å². The van der Waals surface area contributed by atoms with E-state index in [-0.39, 0.29) is 11.9 Å². The third-order valence-corrected chi connectivity index (χ3v) is 1.93. The van der Waals surface area contributed by atoms with Crippen molar-refractivity contribution < 1.29 is 19.2 Å². The Bertz CT molecular complexity index is 203. The Labute approximate surface area is 75.5 Å². The largest absolute Gasteiger partial charge is 0.452 e. The second-order valence-corrected chi connectivity index (χ2v) is 2.77. The molecule has 0 radical (unpaired) electrons. The quantitative estimate of drug-likeness (QED) is 0.614. The van der Waals surface area contributed by atoms with Crippen molar-refractivity contribution >= 4 is 12.1 Å². The highest BCUT2D eigenvalue weighted by Crippen LogP contribution is 2.26. The lowest BCUT2D eigenvalue weighted by atomic mass is 9.86. The van der Waals surface area contributed by atoms with Gasteiger partial charge in [0.15, 0.2) is 0 Å². The summed E-state index contributed by atoms with van der Waals surface area (Å²) in [6.07, 6.45) is 2.07. The van der Waals surface area contributed by atoms with E-state index in [4.69, 9.17) is 0 Å². The molecule has 0 bridgehead atoms. The molecule has 0 aromatic carbocycles. The van der Waals surface area contributed by atoms with Crippen LogP contribution >= 0.6 is 0 Å². The lowest BCUT2D eigenvalue weighted by Gasteiger charge is -2.22. The lowest BCUT2D eigenvalue weighted by Crippen LogP contribution is -2.41. The third kappa shape index (κ3) is 2.90. The summed E-state index contributed by atoms with van der Waals surface area (Å²) in [5.74, 6) is -0.366. The van der Waals surface area contributed by atoms with Gasteiger partial charge in [-0.05, 0) is 12.8 Å². The van der Waals surface area contributed by atoms with Gasteiger partial charge in [-0.25, -0.2) is 15.0 Å². The van der Waals surface area contributed by atoms with Gasteiger partial charge in [-0.15, -0.1) is 0 Å². The lowest BCUT2D eigenvalue weighted by molar-refractivity contribution is -0.161. The Morgan fingerprint density at radius 2 is 2.08 bits per heavy atom. The third-order valence-electron chi connectivity index (χ3n) is 1.93. The number of methoxy groups -OCH3 is 1.